The van der Waals surface area contributed by atoms with Gasteiger partial charge in [0.25, 0.3) is 0 Å². The maximum absolute atomic E-state index is 11.9. The zero-order valence-corrected chi connectivity index (χ0v) is 25.6. The summed E-state index contributed by atoms with van der Waals surface area (Å²) >= 11 is 0. The maximum atomic E-state index is 11.9. The van der Waals surface area contributed by atoms with Crippen LogP contribution in [0.2, 0.25) is 0 Å². The number of hydrogen-bond acceptors (Lipinski definition) is 2. The third-order valence-electron chi connectivity index (χ3n) is 7.82. The lowest BCUT2D eigenvalue weighted by Gasteiger charge is -2.12. The summed E-state index contributed by atoms with van der Waals surface area (Å²) in [7, 11) is 0. The van der Waals surface area contributed by atoms with E-state index in [1.165, 1.54) is 148 Å². The molecule has 0 aromatic rings. The van der Waals surface area contributed by atoms with Crippen LogP contribution in [0.5, 0.6) is 0 Å². The minimum atomic E-state index is 0.0242. The topological polar surface area (TPSA) is 26.3 Å². The average molecular weight is 509 g/mol. The van der Waals surface area contributed by atoms with E-state index >= 15 is 0 Å². The monoisotopic (exact) mass is 509 g/mol. The molecule has 1 unspecified atom stereocenters. The van der Waals surface area contributed by atoms with Crippen molar-refractivity contribution in [1.29, 1.82) is 0 Å². The van der Waals surface area contributed by atoms with Crippen molar-refractivity contribution in [1.82, 2.24) is 0 Å². The number of ether oxygens (including phenoxy) is 1. The Labute approximate surface area is 228 Å². The Hall–Kier alpha value is -0.530. The van der Waals surface area contributed by atoms with Crippen molar-refractivity contribution in [2.24, 2.45) is 11.8 Å². The van der Waals surface area contributed by atoms with Crippen LogP contribution >= 0.6 is 0 Å². The molecule has 216 valence electrons. The maximum Gasteiger partial charge on any atom is 0.305 e. The second-order valence-corrected chi connectivity index (χ2v) is 12.3. The lowest BCUT2D eigenvalue weighted by atomic mass is 9.95. The van der Waals surface area contributed by atoms with Crippen molar-refractivity contribution in [3.8, 4) is 0 Å². The van der Waals surface area contributed by atoms with Gasteiger partial charge in [0.2, 0.25) is 0 Å². The molecule has 0 bridgehead atoms. The fourth-order valence-corrected chi connectivity index (χ4v) is 5.22. The number of rotatable bonds is 29. The number of unbranched alkanes of at least 4 members (excludes halogenated alkanes) is 19. The third-order valence-corrected chi connectivity index (χ3v) is 7.82. The molecule has 0 heterocycles. The van der Waals surface area contributed by atoms with Crippen LogP contribution in [-0.4, -0.2) is 12.6 Å². The Balaban J connectivity index is 3.22. The van der Waals surface area contributed by atoms with Gasteiger partial charge in [-0.1, -0.05) is 175 Å². The lowest BCUT2D eigenvalue weighted by Crippen LogP contribution is -2.05. The molecule has 0 N–H and O–H groups in total. The first-order chi connectivity index (χ1) is 17.6. The molecule has 0 spiro atoms. The van der Waals surface area contributed by atoms with Crippen LogP contribution in [0.4, 0.5) is 0 Å². The number of esters is 1. The molecular formula is C34H68O2. The molecule has 1 atom stereocenters. The normalized spacial score (nSPS) is 12.4. The smallest absolute Gasteiger partial charge is 0.305 e. The van der Waals surface area contributed by atoms with E-state index in [-0.39, 0.29) is 5.97 Å². The van der Waals surface area contributed by atoms with E-state index < -0.39 is 0 Å². The summed E-state index contributed by atoms with van der Waals surface area (Å²) in [5, 5.41) is 0. The van der Waals surface area contributed by atoms with E-state index in [1.54, 1.807) is 0 Å². The van der Waals surface area contributed by atoms with Crippen LogP contribution in [0.25, 0.3) is 0 Å². The molecule has 0 saturated heterocycles. The van der Waals surface area contributed by atoms with Crippen molar-refractivity contribution in [2.75, 3.05) is 6.61 Å². The molecule has 0 aromatic heterocycles. The molecule has 36 heavy (non-hydrogen) atoms. The predicted octanol–water partition coefficient (Wildman–Crippen LogP) is 12.0. The fourth-order valence-electron chi connectivity index (χ4n) is 5.22. The molecule has 0 radical (unpaired) electrons. The first-order valence-electron chi connectivity index (χ1n) is 16.7. The fraction of sp³-hybridized carbons (Fsp3) is 0.971. The van der Waals surface area contributed by atoms with Gasteiger partial charge in [0.1, 0.15) is 0 Å². The summed E-state index contributed by atoms with van der Waals surface area (Å²) < 4.78 is 5.44. The van der Waals surface area contributed by atoms with Crippen molar-refractivity contribution in [2.45, 2.75) is 195 Å². The molecule has 0 rings (SSSR count). The van der Waals surface area contributed by atoms with E-state index in [9.17, 15) is 4.79 Å². The van der Waals surface area contributed by atoms with Crippen LogP contribution < -0.4 is 0 Å². The SMILES string of the molecule is CCCCCCCCCCCCCCCCCC(=O)OCCCCCCCCC(C)CCCC(C)C. The van der Waals surface area contributed by atoms with E-state index in [0.717, 1.165) is 24.7 Å². The highest BCUT2D eigenvalue weighted by atomic mass is 16.5. The number of carbonyl (C=O) groups excluding carboxylic acids is 1. The minimum Gasteiger partial charge on any atom is -0.466 e. The van der Waals surface area contributed by atoms with E-state index in [4.69, 9.17) is 4.74 Å². The molecule has 0 saturated carbocycles. The van der Waals surface area contributed by atoms with Crippen LogP contribution in [-0.2, 0) is 9.53 Å². The molecule has 0 aromatic carbocycles. The molecule has 0 aliphatic rings. The summed E-state index contributed by atoms with van der Waals surface area (Å²) in [4.78, 5) is 11.9. The third kappa shape index (κ3) is 29.7. The predicted molar refractivity (Wildman–Crippen MR) is 161 cm³/mol. The minimum absolute atomic E-state index is 0.0242. The molecule has 0 aliphatic heterocycles. The van der Waals surface area contributed by atoms with Crippen molar-refractivity contribution in [3.63, 3.8) is 0 Å². The summed E-state index contributed by atoms with van der Waals surface area (Å²) in [6, 6.07) is 0. The van der Waals surface area contributed by atoms with Gasteiger partial charge in [-0.3, -0.25) is 4.79 Å². The second-order valence-electron chi connectivity index (χ2n) is 12.3. The molecule has 0 amide bonds. The Morgan fingerprint density at radius 3 is 1.42 bits per heavy atom. The van der Waals surface area contributed by atoms with Gasteiger partial charge in [-0.05, 0) is 24.7 Å². The summed E-state index contributed by atoms with van der Waals surface area (Å²) in [5.74, 6) is 1.77. The van der Waals surface area contributed by atoms with Crippen LogP contribution in [0, 0.1) is 11.8 Å². The lowest BCUT2D eigenvalue weighted by molar-refractivity contribution is -0.143. The quantitative estimate of drug-likeness (QED) is 0.0741. The van der Waals surface area contributed by atoms with Gasteiger partial charge < -0.3 is 4.74 Å². The van der Waals surface area contributed by atoms with Crippen molar-refractivity contribution >= 4 is 5.97 Å². The van der Waals surface area contributed by atoms with Crippen LogP contribution in [0.1, 0.15) is 195 Å². The molecule has 2 nitrogen and oxygen atoms in total. The number of hydrogen-bond donors (Lipinski definition) is 0. The Morgan fingerprint density at radius 1 is 0.500 bits per heavy atom. The van der Waals surface area contributed by atoms with Gasteiger partial charge in [-0.15, -0.1) is 0 Å². The van der Waals surface area contributed by atoms with Crippen LogP contribution in [0.15, 0.2) is 0 Å². The first kappa shape index (κ1) is 35.5. The largest absolute Gasteiger partial charge is 0.466 e. The Kier molecular flexibility index (Phi) is 28.6. The van der Waals surface area contributed by atoms with Crippen LogP contribution in [0.3, 0.4) is 0 Å². The highest BCUT2D eigenvalue weighted by Crippen LogP contribution is 2.19. The second kappa shape index (κ2) is 29.0. The molecular weight excluding hydrogens is 440 g/mol. The first-order valence-corrected chi connectivity index (χ1v) is 16.7. The van der Waals surface area contributed by atoms with Gasteiger partial charge in [-0.25, -0.2) is 0 Å². The van der Waals surface area contributed by atoms with Gasteiger partial charge >= 0.3 is 5.97 Å². The van der Waals surface area contributed by atoms with Gasteiger partial charge in [0.05, 0.1) is 6.61 Å². The van der Waals surface area contributed by atoms with Gasteiger partial charge in [0, 0.05) is 6.42 Å². The molecule has 2 heteroatoms. The highest BCUT2D eigenvalue weighted by Gasteiger charge is 2.04. The highest BCUT2D eigenvalue weighted by molar-refractivity contribution is 5.69. The van der Waals surface area contributed by atoms with E-state index in [0.29, 0.717) is 13.0 Å². The molecule has 0 fully saturated rings. The summed E-state index contributed by atoms with van der Waals surface area (Å²) in [5.41, 5.74) is 0. The Morgan fingerprint density at radius 2 is 0.917 bits per heavy atom. The average Bonchev–Trinajstić information content (AvgIpc) is 2.85. The zero-order valence-electron chi connectivity index (χ0n) is 25.6. The number of carbonyl (C=O) groups is 1. The Bertz CT molecular complexity index is 431. The van der Waals surface area contributed by atoms with Crippen molar-refractivity contribution in [3.05, 3.63) is 0 Å². The molecule has 0 aliphatic carbocycles. The van der Waals surface area contributed by atoms with Crippen molar-refractivity contribution < 1.29 is 9.53 Å². The van der Waals surface area contributed by atoms with E-state index in [2.05, 4.69) is 27.7 Å². The summed E-state index contributed by atoms with van der Waals surface area (Å²) in [6.45, 7) is 9.99. The summed E-state index contributed by atoms with van der Waals surface area (Å²) in [6.07, 6.45) is 34.2. The standard InChI is InChI=1S/C34H68O2/c1-5-6-7-8-9-10-11-12-13-14-15-16-17-21-24-30-34(35)36-31-25-22-19-18-20-23-28-33(4)29-26-27-32(2)3/h32-33H,5-31H2,1-4H3. The van der Waals surface area contributed by atoms with Gasteiger partial charge in [0.15, 0.2) is 0 Å². The van der Waals surface area contributed by atoms with E-state index in [1.807, 2.05) is 0 Å². The zero-order chi connectivity index (χ0) is 26.5. The van der Waals surface area contributed by atoms with Gasteiger partial charge in [-0.2, -0.15) is 0 Å².